The largest absolute Gasteiger partial charge is 0.324 e. The van der Waals surface area contributed by atoms with Crippen molar-refractivity contribution in [2.24, 2.45) is 5.73 Å². The molecule has 14 heavy (non-hydrogen) atoms. The van der Waals surface area contributed by atoms with Crippen molar-refractivity contribution in [2.45, 2.75) is 13.3 Å². The summed E-state index contributed by atoms with van der Waals surface area (Å²) in [6, 6.07) is 3.01. The lowest BCUT2D eigenvalue weighted by Gasteiger charge is -2.05. The molecule has 0 heterocycles. The molecule has 76 valence electrons. The van der Waals surface area contributed by atoms with Crippen molar-refractivity contribution in [1.82, 2.24) is 0 Å². The standard InChI is InChI=1S/C10H11ClFNO/c1-2-6-3-7(9(14)5-13)10(12)8(11)4-6/h3-4H,2,5,13H2,1H3. The van der Waals surface area contributed by atoms with Gasteiger partial charge >= 0.3 is 0 Å². The topological polar surface area (TPSA) is 43.1 Å². The van der Waals surface area contributed by atoms with Gasteiger partial charge in [0.05, 0.1) is 17.1 Å². The van der Waals surface area contributed by atoms with E-state index in [4.69, 9.17) is 17.3 Å². The van der Waals surface area contributed by atoms with Crippen LogP contribution in [0.1, 0.15) is 22.8 Å². The van der Waals surface area contributed by atoms with Gasteiger partial charge in [0.15, 0.2) is 11.6 Å². The van der Waals surface area contributed by atoms with E-state index < -0.39 is 11.6 Å². The lowest BCUT2D eigenvalue weighted by Crippen LogP contribution is -2.15. The van der Waals surface area contributed by atoms with Crippen molar-refractivity contribution < 1.29 is 9.18 Å². The van der Waals surface area contributed by atoms with E-state index in [1.165, 1.54) is 12.1 Å². The van der Waals surface area contributed by atoms with Gasteiger partial charge in [-0.05, 0) is 24.1 Å². The third-order valence-corrected chi connectivity index (χ3v) is 2.26. The van der Waals surface area contributed by atoms with E-state index in [-0.39, 0.29) is 17.1 Å². The first kappa shape index (κ1) is 11.1. The maximum absolute atomic E-state index is 13.3. The molecule has 1 rings (SSSR count). The summed E-state index contributed by atoms with van der Waals surface area (Å²) >= 11 is 5.63. The molecule has 2 nitrogen and oxygen atoms in total. The molecular formula is C10H11ClFNO. The molecule has 0 fully saturated rings. The van der Waals surface area contributed by atoms with Crippen molar-refractivity contribution in [3.05, 3.63) is 34.1 Å². The monoisotopic (exact) mass is 215 g/mol. The Hall–Kier alpha value is -0.930. The van der Waals surface area contributed by atoms with Gasteiger partial charge in [-0.15, -0.1) is 0 Å². The number of rotatable bonds is 3. The van der Waals surface area contributed by atoms with E-state index in [0.29, 0.717) is 6.42 Å². The highest BCUT2D eigenvalue weighted by Crippen LogP contribution is 2.21. The summed E-state index contributed by atoms with van der Waals surface area (Å²) in [6.07, 6.45) is 0.699. The maximum Gasteiger partial charge on any atom is 0.179 e. The number of hydrogen-bond donors (Lipinski definition) is 1. The molecule has 0 aliphatic heterocycles. The lowest BCUT2D eigenvalue weighted by molar-refractivity contribution is 0.0997. The number of halogens is 2. The zero-order valence-electron chi connectivity index (χ0n) is 7.81. The molecule has 0 aliphatic rings. The van der Waals surface area contributed by atoms with Gasteiger partial charge < -0.3 is 5.73 Å². The van der Waals surface area contributed by atoms with Crippen LogP contribution in [0.3, 0.4) is 0 Å². The summed E-state index contributed by atoms with van der Waals surface area (Å²) in [4.78, 5) is 11.2. The lowest BCUT2D eigenvalue weighted by atomic mass is 10.0. The van der Waals surface area contributed by atoms with E-state index >= 15 is 0 Å². The number of hydrogen-bond acceptors (Lipinski definition) is 2. The van der Waals surface area contributed by atoms with Gasteiger partial charge in [0.1, 0.15) is 0 Å². The van der Waals surface area contributed by atoms with E-state index in [1.807, 2.05) is 6.92 Å². The minimum Gasteiger partial charge on any atom is -0.324 e. The molecule has 0 aliphatic carbocycles. The number of aryl methyl sites for hydroxylation is 1. The van der Waals surface area contributed by atoms with Gasteiger partial charge in [0, 0.05) is 0 Å². The van der Waals surface area contributed by atoms with E-state index in [0.717, 1.165) is 5.56 Å². The Labute approximate surface area is 86.9 Å². The molecule has 0 aromatic heterocycles. The highest BCUT2D eigenvalue weighted by atomic mass is 35.5. The fourth-order valence-electron chi connectivity index (χ4n) is 1.16. The molecule has 1 aromatic carbocycles. The normalized spacial score (nSPS) is 10.3. The van der Waals surface area contributed by atoms with Crippen molar-refractivity contribution in [3.8, 4) is 0 Å². The molecule has 0 saturated carbocycles. The summed E-state index contributed by atoms with van der Waals surface area (Å²) in [6.45, 7) is 1.70. The number of Topliss-reactive ketones (excluding diaryl/α,β-unsaturated/α-hetero) is 1. The summed E-state index contributed by atoms with van der Waals surface area (Å²) in [5.41, 5.74) is 5.97. The molecule has 0 amide bonds. The van der Waals surface area contributed by atoms with Crippen LogP contribution in [-0.2, 0) is 6.42 Å². The Morgan fingerprint density at radius 1 is 1.57 bits per heavy atom. The summed E-state index contributed by atoms with van der Waals surface area (Å²) < 4.78 is 13.3. The molecule has 0 atom stereocenters. The molecule has 0 radical (unpaired) electrons. The number of carbonyl (C=O) groups excluding carboxylic acids is 1. The quantitative estimate of drug-likeness (QED) is 0.786. The van der Waals surface area contributed by atoms with Gasteiger partial charge in [0.25, 0.3) is 0 Å². The first-order chi connectivity index (χ1) is 6.60. The van der Waals surface area contributed by atoms with E-state index in [2.05, 4.69) is 0 Å². The molecular weight excluding hydrogens is 205 g/mol. The van der Waals surface area contributed by atoms with Crippen LogP contribution in [0.5, 0.6) is 0 Å². The second-order valence-electron chi connectivity index (χ2n) is 2.92. The van der Waals surface area contributed by atoms with Crippen LogP contribution >= 0.6 is 11.6 Å². The second kappa shape index (κ2) is 4.53. The second-order valence-corrected chi connectivity index (χ2v) is 3.33. The van der Waals surface area contributed by atoms with Gasteiger partial charge in [0.2, 0.25) is 0 Å². The van der Waals surface area contributed by atoms with Crippen LogP contribution in [0, 0.1) is 5.82 Å². The Morgan fingerprint density at radius 2 is 2.21 bits per heavy atom. The molecule has 2 N–H and O–H groups in total. The third kappa shape index (κ3) is 2.11. The Kier molecular flexibility index (Phi) is 3.61. The molecule has 0 spiro atoms. The van der Waals surface area contributed by atoms with E-state index in [1.54, 1.807) is 0 Å². The third-order valence-electron chi connectivity index (χ3n) is 1.98. The molecule has 0 saturated heterocycles. The first-order valence-electron chi connectivity index (χ1n) is 4.31. The average Bonchev–Trinajstić information content (AvgIpc) is 2.20. The highest BCUT2D eigenvalue weighted by molar-refractivity contribution is 6.31. The molecule has 4 heteroatoms. The number of ketones is 1. The van der Waals surface area contributed by atoms with Crippen LogP contribution in [0.2, 0.25) is 5.02 Å². The molecule has 0 unspecified atom stereocenters. The van der Waals surface area contributed by atoms with Crippen LogP contribution in [-0.4, -0.2) is 12.3 Å². The fraction of sp³-hybridized carbons (Fsp3) is 0.300. The SMILES string of the molecule is CCc1cc(Cl)c(F)c(C(=O)CN)c1. The van der Waals surface area contributed by atoms with Gasteiger partial charge in [-0.25, -0.2) is 4.39 Å². The Balaban J connectivity index is 3.27. The van der Waals surface area contributed by atoms with Crippen molar-refractivity contribution in [3.63, 3.8) is 0 Å². The number of carbonyl (C=O) groups is 1. The van der Waals surface area contributed by atoms with Crippen molar-refractivity contribution >= 4 is 17.4 Å². The summed E-state index contributed by atoms with van der Waals surface area (Å²) in [7, 11) is 0. The summed E-state index contributed by atoms with van der Waals surface area (Å²) in [5.74, 6) is -1.11. The van der Waals surface area contributed by atoms with Crippen molar-refractivity contribution in [1.29, 1.82) is 0 Å². The minimum absolute atomic E-state index is 0.0168. The van der Waals surface area contributed by atoms with Gasteiger partial charge in [-0.2, -0.15) is 0 Å². The zero-order chi connectivity index (χ0) is 10.7. The zero-order valence-corrected chi connectivity index (χ0v) is 8.57. The molecule has 1 aromatic rings. The fourth-order valence-corrected chi connectivity index (χ4v) is 1.40. The van der Waals surface area contributed by atoms with Crippen LogP contribution in [0.15, 0.2) is 12.1 Å². The van der Waals surface area contributed by atoms with Crippen LogP contribution < -0.4 is 5.73 Å². The van der Waals surface area contributed by atoms with Crippen LogP contribution in [0.4, 0.5) is 4.39 Å². The highest BCUT2D eigenvalue weighted by Gasteiger charge is 2.14. The van der Waals surface area contributed by atoms with Gasteiger partial charge in [-0.3, -0.25) is 4.79 Å². The average molecular weight is 216 g/mol. The predicted molar refractivity (Wildman–Crippen MR) is 54.2 cm³/mol. The van der Waals surface area contributed by atoms with Crippen LogP contribution in [0.25, 0.3) is 0 Å². The number of nitrogens with two attached hydrogens (primary N) is 1. The first-order valence-corrected chi connectivity index (χ1v) is 4.69. The Bertz CT molecular complexity index is 365. The summed E-state index contributed by atoms with van der Waals surface area (Å²) in [5, 5.41) is -0.0267. The molecule has 0 bridgehead atoms. The number of benzene rings is 1. The van der Waals surface area contributed by atoms with Gasteiger partial charge in [-0.1, -0.05) is 18.5 Å². The minimum atomic E-state index is -0.681. The maximum atomic E-state index is 13.3. The van der Waals surface area contributed by atoms with Crippen molar-refractivity contribution in [2.75, 3.05) is 6.54 Å². The Morgan fingerprint density at radius 3 is 2.71 bits per heavy atom. The van der Waals surface area contributed by atoms with E-state index in [9.17, 15) is 9.18 Å². The smallest absolute Gasteiger partial charge is 0.179 e. The predicted octanol–water partition coefficient (Wildman–Crippen LogP) is 2.18.